The van der Waals surface area contributed by atoms with E-state index in [2.05, 4.69) is 4.99 Å². The second-order valence-electron chi connectivity index (χ2n) is 2.99. The van der Waals surface area contributed by atoms with Gasteiger partial charge in [-0.15, -0.1) is 24.0 Å². The van der Waals surface area contributed by atoms with Gasteiger partial charge in [0.05, 0.1) is 18.6 Å². The van der Waals surface area contributed by atoms with Crippen molar-refractivity contribution in [2.45, 2.75) is 6.54 Å². The third-order valence-corrected chi connectivity index (χ3v) is 1.91. The maximum atomic E-state index is 10.6. The monoisotopic (exact) mass is 352 g/mol. The molecule has 0 aliphatic rings. The van der Waals surface area contributed by atoms with Crippen LogP contribution in [0, 0.1) is 10.1 Å². The van der Waals surface area contributed by atoms with Gasteiger partial charge >= 0.3 is 0 Å². The van der Waals surface area contributed by atoms with Crippen LogP contribution in [0.3, 0.4) is 0 Å². The summed E-state index contributed by atoms with van der Waals surface area (Å²) in [4.78, 5) is 13.9. The van der Waals surface area contributed by atoms with Crippen LogP contribution in [0.15, 0.2) is 23.2 Å². The van der Waals surface area contributed by atoms with Crippen LogP contribution in [0.2, 0.25) is 0 Å². The Morgan fingerprint density at radius 3 is 2.65 bits per heavy atom. The molecule has 94 valence electrons. The zero-order valence-corrected chi connectivity index (χ0v) is 11.5. The van der Waals surface area contributed by atoms with Crippen molar-refractivity contribution >= 4 is 35.6 Å². The number of aliphatic imine (C=N–C) groups is 1. The van der Waals surface area contributed by atoms with E-state index < -0.39 is 4.92 Å². The summed E-state index contributed by atoms with van der Waals surface area (Å²) in [5.41, 5.74) is 10.9. The van der Waals surface area contributed by atoms with Crippen LogP contribution >= 0.6 is 24.0 Å². The SMILES string of the molecule is COc1ccc([N+](=O)[O-])cc1CN=C(N)N.I. The molecule has 1 rings (SSSR count). The van der Waals surface area contributed by atoms with Crippen LogP contribution in [-0.2, 0) is 6.54 Å². The van der Waals surface area contributed by atoms with Crippen molar-refractivity contribution < 1.29 is 9.66 Å². The lowest BCUT2D eigenvalue weighted by atomic mass is 10.2. The molecule has 0 spiro atoms. The number of nitro groups is 1. The summed E-state index contributed by atoms with van der Waals surface area (Å²) in [5, 5.41) is 10.6. The number of nitrogens with zero attached hydrogens (tertiary/aromatic N) is 2. The highest BCUT2D eigenvalue weighted by molar-refractivity contribution is 14.0. The minimum atomic E-state index is -0.488. The fourth-order valence-electron chi connectivity index (χ4n) is 1.18. The molecule has 0 saturated heterocycles. The maximum absolute atomic E-state index is 10.6. The molecule has 0 fully saturated rings. The first-order valence-electron chi connectivity index (χ1n) is 4.41. The Morgan fingerprint density at radius 1 is 1.53 bits per heavy atom. The molecule has 0 radical (unpaired) electrons. The van der Waals surface area contributed by atoms with E-state index in [-0.39, 0.29) is 42.2 Å². The fraction of sp³-hybridized carbons (Fsp3) is 0.222. The molecule has 17 heavy (non-hydrogen) atoms. The Kier molecular flexibility index (Phi) is 6.25. The smallest absolute Gasteiger partial charge is 0.270 e. The number of hydrogen-bond donors (Lipinski definition) is 2. The lowest BCUT2D eigenvalue weighted by Crippen LogP contribution is -2.22. The van der Waals surface area contributed by atoms with Crippen molar-refractivity contribution in [2.24, 2.45) is 16.5 Å². The quantitative estimate of drug-likeness (QED) is 0.276. The van der Waals surface area contributed by atoms with Crippen molar-refractivity contribution in [2.75, 3.05) is 7.11 Å². The van der Waals surface area contributed by atoms with E-state index in [0.29, 0.717) is 11.3 Å². The van der Waals surface area contributed by atoms with Gasteiger partial charge in [0.2, 0.25) is 0 Å². The normalized spacial score (nSPS) is 9.00. The molecular weight excluding hydrogens is 339 g/mol. The number of nitro benzene ring substituents is 1. The van der Waals surface area contributed by atoms with Crippen molar-refractivity contribution in [3.63, 3.8) is 0 Å². The van der Waals surface area contributed by atoms with E-state index in [1.54, 1.807) is 0 Å². The summed E-state index contributed by atoms with van der Waals surface area (Å²) in [5.74, 6) is 0.434. The third kappa shape index (κ3) is 4.43. The summed E-state index contributed by atoms with van der Waals surface area (Å²) in [6.45, 7) is 0.146. The van der Waals surface area contributed by atoms with Crippen LogP contribution in [0.25, 0.3) is 0 Å². The van der Waals surface area contributed by atoms with Crippen molar-refractivity contribution in [1.82, 2.24) is 0 Å². The van der Waals surface area contributed by atoms with Gasteiger partial charge in [-0.25, -0.2) is 4.99 Å². The van der Waals surface area contributed by atoms with Gasteiger partial charge in [0.25, 0.3) is 5.69 Å². The van der Waals surface area contributed by atoms with Gasteiger partial charge in [-0.2, -0.15) is 0 Å². The van der Waals surface area contributed by atoms with E-state index in [4.69, 9.17) is 16.2 Å². The molecule has 0 aliphatic carbocycles. The van der Waals surface area contributed by atoms with Gasteiger partial charge < -0.3 is 16.2 Å². The number of ether oxygens (including phenoxy) is 1. The molecule has 4 N–H and O–H groups in total. The minimum Gasteiger partial charge on any atom is -0.496 e. The zero-order chi connectivity index (χ0) is 12.1. The highest BCUT2D eigenvalue weighted by Crippen LogP contribution is 2.24. The predicted molar refractivity (Wildman–Crippen MR) is 74.6 cm³/mol. The van der Waals surface area contributed by atoms with Crippen molar-refractivity contribution in [3.05, 3.63) is 33.9 Å². The van der Waals surface area contributed by atoms with Crippen LogP contribution < -0.4 is 16.2 Å². The van der Waals surface area contributed by atoms with E-state index >= 15 is 0 Å². The van der Waals surface area contributed by atoms with Crippen LogP contribution in [0.1, 0.15) is 5.56 Å². The average Bonchev–Trinajstić information content (AvgIpc) is 2.25. The second kappa shape index (κ2) is 6.89. The van der Waals surface area contributed by atoms with Gasteiger partial charge in [0.1, 0.15) is 5.75 Å². The summed E-state index contributed by atoms with van der Waals surface area (Å²) >= 11 is 0. The Labute approximate surface area is 115 Å². The van der Waals surface area contributed by atoms with E-state index in [9.17, 15) is 10.1 Å². The molecule has 1 aromatic carbocycles. The molecule has 0 aliphatic heterocycles. The maximum Gasteiger partial charge on any atom is 0.270 e. The number of nitrogens with two attached hydrogens (primary N) is 2. The van der Waals surface area contributed by atoms with Crippen molar-refractivity contribution in [3.8, 4) is 5.75 Å². The topological polar surface area (TPSA) is 117 Å². The number of hydrogen-bond acceptors (Lipinski definition) is 4. The summed E-state index contributed by atoms with van der Waals surface area (Å²) in [6.07, 6.45) is 0. The van der Waals surface area contributed by atoms with Gasteiger partial charge in [-0.1, -0.05) is 0 Å². The molecule has 0 saturated carbocycles. The lowest BCUT2D eigenvalue weighted by Gasteiger charge is -2.05. The van der Waals surface area contributed by atoms with Gasteiger partial charge in [-0.05, 0) is 6.07 Å². The number of methoxy groups -OCH3 is 1. The third-order valence-electron chi connectivity index (χ3n) is 1.91. The summed E-state index contributed by atoms with van der Waals surface area (Å²) in [6, 6.07) is 4.25. The molecule has 0 aromatic heterocycles. The molecule has 8 heteroatoms. The highest BCUT2D eigenvalue weighted by Gasteiger charge is 2.10. The van der Waals surface area contributed by atoms with Crippen molar-refractivity contribution in [1.29, 1.82) is 0 Å². The number of rotatable bonds is 4. The van der Waals surface area contributed by atoms with Gasteiger partial charge in [0, 0.05) is 17.7 Å². The largest absolute Gasteiger partial charge is 0.496 e. The Bertz CT molecular complexity index is 432. The van der Waals surface area contributed by atoms with E-state index in [1.807, 2.05) is 0 Å². The number of non-ortho nitro benzene ring substituents is 1. The standard InChI is InChI=1S/C9H12N4O3.HI/c1-16-8-3-2-7(13(14)15)4-6(8)5-12-9(10)11;/h2-4H,5H2,1H3,(H4,10,11,12);1H. The molecule has 0 unspecified atom stereocenters. The molecule has 0 amide bonds. The van der Waals surface area contributed by atoms with Gasteiger partial charge in [0.15, 0.2) is 5.96 Å². The predicted octanol–water partition coefficient (Wildman–Crippen LogP) is 0.995. The zero-order valence-electron chi connectivity index (χ0n) is 9.12. The number of halogens is 1. The number of benzene rings is 1. The second-order valence-corrected chi connectivity index (χ2v) is 2.99. The fourth-order valence-corrected chi connectivity index (χ4v) is 1.18. The summed E-state index contributed by atoms with van der Waals surface area (Å²) in [7, 11) is 1.47. The summed E-state index contributed by atoms with van der Waals surface area (Å²) < 4.78 is 5.04. The van der Waals surface area contributed by atoms with Crippen LogP contribution in [0.4, 0.5) is 5.69 Å². The first-order valence-corrected chi connectivity index (χ1v) is 4.41. The van der Waals surface area contributed by atoms with Crippen LogP contribution in [0.5, 0.6) is 5.75 Å². The molecule has 0 bridgehead atoms. The minimum absolute atomic E-state index is 0. The molecule has 0 atom stereocenters. The van der Waals surface area contributed by atoms with E-state index in [0.717, 1.165) is 0 Å². The average molecular weight is 352 g/mol. The van der Waals surface area contributed by atoms with Gasteiger partial charge in [-0.3, -0.25) is 10.1 Å². The molecule has 0 heterocycles. The molecular formula is C9H13IN4O3. The first-order chi connectivity index (χ1) is 7.54. The highest BCUT2D eigenvalue weighted by atomic mass is 127. The van der Waals surface area contributed by atoms with Crippen LogP contribution in [-0.4, -0.2) is 18.0 Å². The Balaban J connectivity index is 0.00000256. The lowest BCUT2D eigenvalue weighted by molar-refractivity contribution is -0.384. The molecule has 7 nitrogen and oxygen atoms in total. The van der Waals surface area contributed by atoms with E-state index in [1.165, 1.54) is 25.3 Å². The first kappa shape index (κ1) is 15.4. The molecule has 1 aromatic rings. The number of guanidine groups is 1. The Hall–Kier alpha value is -1.58. The Morgan fingerprint density at radius 2 is 2.18 bits per heavy atom.